The van der Waals surface area contributed by atoms with Gasteiger partial charge >= 0.3 is 0 Å². The molecule has 0 fully saturated rings. The number of rotatable bonds is 2. The van der Waals surface area contributed by atoms with Gasteiger partial charge in [0.15, 0.2) is 0 Å². The molecule has 0 radical (unpaired) electrons. The third kappa shape index (κ3) is 3.30. The zero-order valence-corrected chi connectivity index (χ0v) is 12.3. The summed E-state index contributed by atoms with van der Waals surface area (Å²) in [7, 11) is 1.81. The lowest BCUT2D eigenvalue weighted by Gasteiger charge is -2.06. The molecule has 1 heterocycles. The summed E-state index contributed by atoms with van der Waals surface area (Å²) in [6, 6.07) is 7.18. The number of hydrogen-bond donors (Lipinski definition) is 2. The summed E-state index contributed by atoms with van der Waals surface area (Å²) in [5.74, 6) is 5.20. The maximum atomic E-state index is 12.4. The van der Waals surface area contributed by atoms with Crippen LogP contribution in [0.25, 0.3) is 0 Å². The molecule has 0 aliphatic heterocycles. The standard InChI is InChI=1S/C16H17N3O2/c1-11-15(12(2)19(3)18-11)16(21)17-14-8-4-6-13(10-14)7-5-9-20/h4,6,8,10,20H,9H2,1-3H3,(H,17,21). The van der Waals surface area contributed by atoms with Crippen LogP contribution in [0, 0.1) is 25.7 Å². The number of aryl methyl sites for hydroxylation is 2. The minimum absolute atomic E-state index is 0.189. The van der Waals surface area contributed by atoms with Crippen LogP contribution in [0.3, 0.4) is 0 Å². The molecule has 0 saturated heterocycles. The van der Waals surface area contributed by atoms with E-state index >= 15 is 0 Å². The molecule has 2 rings (SSSR count). The number of aromatic nitrogens is 2. The van der Waals surface area contributed by atoms with E-state index in [0.29, 0.717) is 16.9 Å². The maximum absolute atomic E-state index is 12.4. The molecular formula is C16H17N3O2. The highest BCUT2D eigenvalue weighted by atomic mass is 16.2. The summed E-state index contributed by atoms with van der Waals surface area (Å²) < 4.78 is 1.69. The van der Waals surface area contributed by atoms with Gasteiger partial charge in [0, 0.05) is 24.0 Å². The van der Waals surface area contributed by atoms with E-state index in [1.165, 1.54) is 0 Å². The van der Waals surface area contributed by atoms with Crippen molar-refractivity contribution in [3.05, 3.63) is 46.8 Å². The van der Waals surface area contributed by atoms with E-state index in [9.17, 15) is 4.79 Å². The molecule has 0 aliphatic carbocycles. The Morgan fingerprint density at radius 2 is 2.19 bits per heavy atom. The van der Waals surface area contributed by atoms with Gasteiger partial charge in [-0.3, -0.25) is 9.48 Å². The lowest BCUT2D eigenvalue weighted by Crippen LogP contribution is -2.14. The first-order valence-electron chi connectivity index (χ1n) is 6.54. The molecule has 1 amide bonds. The summed E-state index contributed by atoms with van der Waals surface area (Å²) >= 11 is 0. The Morgan fingerprint density at radius 3 is 2.81 bits per heavy atom. The Balaban J connectivity index is 2.24. The molecular weight excluding hydrogens is 266 g/mol. The van der Waals surface area contributed by atoms with E-state index in [0.717, 1.165) is 11.3 Å². The number of aliphatic hydroxyl groups is 1. The molecule has 5 nitrogen and oxygen atoms in total. The minimum Gasteiger partial charge on any atom is -0.384 e. The van der Waals surface area contributed by atoms with Crippen molar-refractivity contribution in [3.8, 4) is 11.8 Å². The summed E-state index contributed by atoms with van der Waals surface area (Å²) in [6.07, 6.45) is 0. The molecule has 2 aromatic rings. The quantitative estimate of drug-likeness (QED) is 0.823. The zero-order valence-electron chi connectivity index (χ0n) is 12.3. The molecule has 108 valence electrons. The van der Waals surface area contributed by atoms with Gasteiger partial charge in [-0.15, -0.1) is 0 Å². The van der Waals surface area contributed by atoms with Gasteiger partial charge in [0.2, 0.25) is 0 Å². The normalized spacial score (nSPS) is 9.90. The van der Waals surface area contributed by atoms with Crippen molar-refractivity contribution in [1.82, 2.24) is 9.78 Å². The predicted molar refractivity (Wildman–Crippen MR) is 81.0 cm³/mol. The fraction of sp³-hybridized carbons (Fsp3) is 0.250. The molecule has 0 spiro atoms. The molecule has 21 heavy (non-hydrogen) atoms. The van der Waals surface area contributed by atoms with Gasteiger partial charge in [0.25, 0.3) is 5.91 Å². The fourth-order valence-electron chi connectivity index (χ4n) is 2.11. The van der Waals surface area contributed by atoms with Crippen LogP contribution < -0.4 is 5.32 Å². The van der Waals surface area contributed by atoms with Crippen LogP contribution in [-0.2, 0) is 7.05 Å². The summed E-state index contributed by atoms with van der Waals surface area (Å²) in [5, 5.41) is 15.8. The van der Waals surface area contributed by atoms with Crippen molar-refractivity contribution in [2.45, 2.75) is 13.8 Å². The Kier molecular flexibility index (Phi) is 4.41. The van der Waals surface area contributed by atoms with Crippen molar-refractivity contribution in [2.24, 2.45) is 7.05 Å². The van der Waals surface area contributed by atoms with Crippen LogP contribution in [0.5, 0.6) is 0 Å². The molecule has 2 N–H and O–H groups in total. The number of benzene rings is 1. The van der Waals surface area contributed by atoms with Gasteiger partial charge in [0.05, 0.1) is 11.3 Å². The number of carbonyl (C=O) groups is 1. The van der Waals surface area contributed by atoms with E-state index in [2.05, 4.69) is 22.3 Å². The number of amides is 1. The first-order valence-corrected chi connectivity index (χ1v) is 6.54. The topological polar surface area (TPSA) is 67.2 Å². The lowest BCUT2D eigenvalue weighted by molar-refractivity contribution is 0.102. The van der Waals surface area contributed by atoms with Gasteiger partial charge in [-0.2, -0.15) is 5.10 Å². The average molecular weight is 283 g/mol. The van der Waals surface area contributed by atoms with Crippen LogP contribution in [0.15, 0.2) is 24.3 Å². The van der Waals surface area contributed by atoms with Crippen LogP contribution in [0.1, 0.15) is 27.3 Å². The second-order valence-corrected chi connectivity index (χ2v) is 4.66. The van der Waals surface area contributed by atoms with Crippen molar-refractivity contribution in [3.63, 3.8) is 0 Å². The first-order chi connectivity index (χ1) is 10.0. The molecule has 0 bridgehead atoms. The maximum Gasteiger partial charge on any atom is 0.259 e. The summed E-state index contributed by atoms with van der Waals surface area (Å²) in [4.78, 5) is 12.4. The fourth-order valence-corrected chi connectivity index (χ4v) is 2.11. The number of aliphatic hydroxyl groups excluding tert-OH is 1. The summed E-state index contributed by atoms with van der Waals surface area (Å²) in [6.45, 7) is 3.48. The SMILES string of the molecule is Cc1nn(C)c(C)c1C(=O)Nc1cccc(C#CCO)c1. The zero-order chi connectivity index (χ0) is 15.4. The molecule has 0 aliphatic rings. The van der Waals surface area contributed by atoms with Gasteiger partial charge in [-0.1, -0.05) is 17.9 Å². The first kappa shape index (κ1) is 14.8. The van der Waals surface area contributed by atoms with Gasteiger partial charge in [-0.05, 0) is 32.0 Å². The highest BCUT2D eigenvalue weighted by Gasteiger charge is 2.17. The number of hydrogen-bond acceptors (Lipinski definition) is 3. The van der Waals surface area contributed by atoms with E-state index in [1.54, 1.807) is 22.9 Å². The molecule has 1 aromatic heterocycles. The molecule has 1 aromatic carbocycles. The number of nitrogens with zero attached hydrogens (tertiary/aromatic N) is 2. The molecule has 0 atom stereocenters. The number of carbonyl (C=O) groups excluding carboxylic acids is 1. The van der Waals surface area contributed by atoms with Crippen LogP contribution in [0.4, 0.5) is 5.69 Å². The lowest BCUT2D eigenvalue weighted by atomic mass is 10.1. The highest BCUT2D eigenvalue weighted by Crippen LogP contribution is 2.16. The Bertz CT molecular complexity index is 736. The van der Waals surface area contributed by atoms with Crippen LogP contribution >= 0.6 is 0 Å². The Hall–Kier alpha value is -2.58. The van der Waals surface area contributed by atoms with Gasteiger partial charge in [-0.25, -0.2) is 0 Å². The smallest absolute Gasteiger partial charge is 0.259 e. The third-order valence-electron chi connectivity index (χ3n) is 3.17. The van der Waals surface area contributed by atoms with E-state index in [-0.39, 0.29) is 12.5 Å². The number of anilines is 1. The van der Waals surface area contributed by atoms with E-state index in [4.69, 9.17) is 5.11 Å². The number of nitrogens with one attached hydrogen (secondary N) is 1. The average Bonchev–Trinajstić information content (AvgIpc) is 2.70. The summed E-state index contributed by atoms with van der Waals surface area (Å²) in [5.41, 5.74) is 3.50. The predicted octanol–water partition coefficient (Wildman–Crippen LogP) is 1.63. The van der Waals surface area contributed by atoms with E-state index < -0.39 is 0 Å². The second-order valence-electron chi connectivity index (χ2n) is 4.66. The Morgan fingerprint density at radius 1 is 1.43 bits per heavy atom. The van der Waals surface area contributed by atoms with Crippen molar-refractivity contribution in [1.29, 1.82) is 0 Å². The van der Waals surface area contributed by atoms with Gasteiger partial charge in [0.1, 0.15) is 6.61 Å². The highest BCUT2D eigenvalue weighted by molar-refractivity contribution is 6.05. The Labute approximate surface area is 123 Å². The van der Waals surface area contributed by atoms with Crippen LogP contribution in [-0.4, -0.2) is 27.4 Å². The minimum atomic E-state index is -0.190. The van der Waals surface area contributed by atoms with Crippen molar-refractivity contribution < 1.29 is 9.90 Å². The largest absolute Gasteiger partial charge is 0.384 e. The van der Waals surface area contributed by atoms with Gasteiger partial charge < -0.3 is 10.4 Å². The molecule has 5 heteroatoms. The molecule has 0 saturated carbocycles. The second kappa shape index (κ2) is 6.25. The van der Waals surface area contributed by atoms with E-state index in [1.807, 2.05) is 27.0 Å². The van der Waals surface area contributed by atoms with Crippen molar-refractivity contribution >= 4 is 11.6 Å². The van der Waals surface area contributed by atoms with Crippen molar-refractivity contribution in [2.75, 3.05) is 11.9 Å². The monoisotopic (exact) mass is 283 g/mol. The van der Waals surface area contributed by atoms with Crippen LogP contribution in [0.2, 0.25) is 0 Å². The molecule has 0 unspecified atom stereocenters. The third-order valence-corrected chi connectivity index (χ3v) is 3.17.